The van der Waals surface area contributed by atoms with Gasteiger partial charge in [0.2, 0.25) is 0 Å². The number of hydrogen-bond acceptors (Lipinski definition) is 1. The first-order valence-corrected chi connectivity index (χ1v) is 4.05. The van der Waals surface area contributed by atoms with Crippen molar-refractivity contribution in [2.75, 3.05) is 0 Å². The fraction of sp³-hybridized carbons (Fsp3) is 0.300. The molecule has 1 aliphatic carbocycles. The molecular formula is C10H10FN. The van der Waals surface area contributed by atoms with Gasteiger partial charge in [-0.3, -0.25) is 0 Å². The number of benzene rings is 1. The molecule has 1 N–H and O–H groups in total. The van der Waals surface area contributed by atoms with Crippen molar-refractivity contribution in [1.82, 2.24) is 0 Å². The molecule has 0 radical (unpaired) electrons. The van der Waals surface area contributed by atoms with Crippen LogP contribution in [0.3, 0.4) is 0 Å². The van der Waals surface area contributed by atoms with Crippen LogP contribution in [-0.2, 0) is 6.42 Å². The minimum absolute atomic E-state index is 0.198. The Bertz CT molecular complexity index is 344. The largest absolute Gasteiger partial charge is 0.304 e. The molecule has 2 heteroatoms. The van der Waals surface area contributed by atoms with Crippen LogP contribution in [-0.4, -0.2) is 5.71 Å². The molecule has 0 saturated carbocycles. The summed E-state index contributed by atoms with van der Waals surface area (Å²) >= 11 is 0. The molecule has 0 bridgehead atoms. The summed E-state index contributed by atoms with van der Waals surface area (Å²) in [7, 11) is 0. The SMILES string of the molecule is CC1Cc2cc(F)ccc2C1=N. The maximum absolute atomic E-state index is 12.7. The lowest BCUT2D eigenvalue weighted by Crippen LogP contribution is -2.02. The van der Waals surface area contributed by atoms with Crippen molar-refractivity contribution >= 4 is 5.71 Å². The molecule has 0 aliphatic heterocycles. The first-order chi connectivity index (χ1) is 5.68. The van der Waals surface area contributed by atoms with E-state index in [0.29, 0.717) is 5.71 Å². The molecule has 0 saturated heterocycles. The molecule has 0 fully saturated rings. The lowest BCUT2D eigenvalue weighted by atomic mass is 10.1. The van der Waals surface area contributed by atoms with Gasteiger partial charge in [0.05, 0.1) is 0 Å². The zero-order valence-electron chi connectivity index (χ0n) is 6.89. The van der Waals surface area contributed by atoms with Gasteiger partial charge in [0.15, 0.2) is 0 Å². The molecule has 2 rings (SSSR count). The van der Waals surface area contributed by atoms with E-state index in [1.165, 1.54) is 12.1 Å². The van der Waals surface area contributed by atoms with E-state index in [2.05, 4.69) is 0 Å². The zero-order chi connectivity index (χ0) is 8.72. The van der Waals surface area contributed by atoms with Crippen LogP contribution in [0, 0.1) is 17.1 Å². The van der Waals surface area contributed by atoms with Gasteiger partial charge in [0, 0.05) is 11.6 Å². The lowest BCUT2D eigenvalue weighted by Gasteiger charge is -1.98. The summed E-state index contributed by atoms with van der Waals surface area (Å²) in [6.07, 6.45) is 0.811. The van der Waals surface area contributed by atoms with Crippen LogP contribution in [0.25, 0.3) is 0 Å². The normalized spacial score (nSPS) is 21.2. The van der Waals surface area contributed by atoms with Gasteiger partial charge in [-0.25, -0.2) is 4.39 Å². The van der Waals surface area contributed by atoms with Gasteiger partial charge in [-0.1, -0.05) is 6.92 Å². The second-order valence-corrected chi connectivity index (χ2v) is 3.32. The Labute approximate surface area is 70.7 Å². The van der Waals surface area contributed by atoms with E-state index in [0.717, 1.165) is 17.5 Å². The average Bonchev–Trinajstić information content (AvgIpc) is 2.28. The summed E-state index contributed by atoms with van der Waals surface area (Å²) in [6, 6.07) is 4.66. The van der Waals surface area contributed by atoms with E-state index in [9.17, 15) is 4.39 Å². The van der Waals surface area contributed by atoms with Crippen molar-refractivity contribution in [2.45, 2.75) is 13.3 Å². The van der Waals surface area contributed by atoms with Crippen molar-refractivity contribution in [3.8, 4) is 0 Å². The molecule has 0 heterocycles. The Morgan fingerprint density at radius 2 is 2.25 bits per heavy atom. The van der Waals surface area contributed by atoms with E-state index in [1.54, 1.807) is 6.07 Å². The molecule has 1 nitrogen and oxygen atoms in total. The third kappa shape index (κ3) is 0.951. The van der Waals surface area contributed by atoms with Crippen LogP contribution < -0.4 is 0 Å². The number of fused-ring (bicyclic) bond motifs is 1. The predicted molar refractivity (Wildman–Crippen MR) is 46.1 cm³/mol. The van der Waals surface area contributed by atoms with Gasteiger partial charge in [-0.05, 0) is 35.7 Å². The highest BCUT2D eigenvalue weighted by Gasteiger charge is 2.23. The highest BCUT2D eigenvalue weighted by Crippen LogP contribution is 2.26. The third-order valence-corrected chi connectivity index (χ3v) is 2.38. The van der Waals surface area contributed by atoms with Crippen LogP contribution in [0.15, 0.2) is 18.2 Å². The first kappa shape index (κ1) is 7.47. The molecule has 0 aromatic heterocycles. The van der Waals surface area contributed by atoms with Gasteiger partial charge in [0.25, 0.3) is 0 Å². The Hall–Kier alpha value is -1.18. The smallest absolute Gasteiger partial charge is 0.123 e. The molecule has 62 valence electrons. The van der Waals surface area contributed by atoms with Crippen molar-refractivity contribution in [2.24, 2.45) is 5.92 Å². The molecule has 1 aliphatic rings. The number of nitrogens with one attached hydrogen (secondary N) is 1. The topological polar surface area (TPSA) is 23.9 Å². The second kappa shape index (κ2) is 2.41. The first-order valence-electron chi connectivity index (χ1n) is 4.05. The third-order valence-electron chi connectivity index (χ3n) is 2.38. The van der Waals surface area contributed by atoms with Gasteiger partial charge in [0.1, 0.15) is 5.82 Å². The van der Waals surface area contributed by atoms with Crippen LogP contribution in [0.1, 0.15) is 18.1 Å². The summed E-state index contributed by atoms with van der Waals surface area (Å²) in [6.45, 7) is 2.00. The maximum Gasteiger partial charge on any atom is 0.123 e. The Balaban J connectivity index is 2.54. The second-order valence-electron chi connectivity index (χ2n) is 3.32. The zero-order valence-corrected chi connectivity index (χ0v) is 6.89. The van der Waals surface area contributed by atoms with Gasteiger partial charge < -0.3 is 5.41 Å². The van der Waals surface area contributed by atoms with Crippen LogP contribution >= 0.6 is 0 Å². The highest BCUT2D eigenvalue weighted by molar-refractivity contribution is 6.03. The summed E-state index contributed by atoms with van der Waals surface area (Å²) in [5.74, 6) is 0.0532. The molecule has 12 heavy (non-hydrogen) atoms. The summed E-state index contributed by atoms with van der Waals surface area (Å²) in [5.41, 5.74) is 2.54. The predicted octanol–water partition coefficient (Wildman–Crippen LogP) is 2.39. The minimum Gasteiger partial charge on any atom is -0.304 e. The highest BCUT2D eigenvalue weighted by atomic mass is 19.1. The molecule has 1 aromatic carbocycles. The molecule has 0 spiro atoms. The van der Waals surface area contributed by atoms with E-state index >= 15 is 0 Å². The van der Waals surface area contributed by atoms with Crippen molar-refractivity contribution < 1.29 is 4.39 Å². The summed E-state index contributed by atoms with van der Waals surface area (Å²) in [5, 5.41) is 7.68. The van der Waals surface area contributed by atoms with Crippen molar-refractivity contribution in [3.05, 3.63) is 35.1 Å². The molecule has 1 aromatic rings. The molecular weight excluding hydrogens is 153 g/mol. The van der Waals surface area contributed by atoms with Crippen molar-refractivity contribution in [1.29, 1.82) is 5.41 Å². The molecule has 0 amide bonds. The van der Waals surface area contributed by atoms with E-state index in [1.807, 2.05) is 6.92 Å². The average molecular weight is 163 g/mol. The number of hydrogen-bond donors (Lipinski definition) is 1. The quantitative estimate of drug-likeness (QED) is 0.607. The van der Waals surface area contributed by atoms with E-state index < -0.39 is 0 Å². The maximum atomic E-state index is 12.7. The Morgan fingerprint density at radius 3 is 3.00 bits per heavy atom. The van der Waals surface area contributed by atoms with Crippen LogP contribution in [0.2, 0.25) is 0 Å². The summed E-state index contributed by atoms with van der Waals surface area (Å²) in [4.78, 5) is 0. The fourth-order valence-corrected chi connectivity index (χ4v) is 1.69. The van der Waals surface area contributed by atoms with Crippen molar-refractivity contribution in [3.63, 3.8) is 0 Å². The minimum atomic E-state index is -0.198. The molecule has 1 atom stereocenters. The van der Waals surface area contributed by atoms with Gasteiger partial charge in [-0.15, -0.1) is 0 Å². The summed E-state index contributed by atoms with van der Waals surface area (Å²) < 4.78 is 12.7. The van der Waals surface area contributed by atoms with E-state index in [-0.39, 0.29) is 11.7 Å². The van der Waals surface area contributed by atoms with Crippen LogP contribution in [0.4, 0.5) is 4.39 Å². The molecule has 1 unspecified atom stereocenters. The standard InChI is InChI=1S/C10H10FN/c1-6-4-7-5-8(11)2-3-9(7)10(6)12/h2-3,5-6,12H,4H2,1H3. The lowest BCUT2D eigenvalue weighted by molar-refractivity contribution is 0.625. The van der Waals surface area contributed by atoms with Gasteiger partial charge >= 0.3 is 0 Å². The Kier molecular flexibility index (Phi) is 1.50. The monoisotopic (exact) mass is 163 g/mol. The van der Waals surface area contributed by atoms with Crippen LogP contribution in [0.5, 0.6) is 0 Å². The fourth-order valence-electron chi connectivity index (χ4n) is 1.69. The number of halogens is 1. The van der Waals surface area contributed by atoms with Gasteiger partial charge in [-0.2, -0.15) is 0 Å². The number of rotatable bonds is 0. The van der Waals surface area contributed by atoms with E-state index in [4.69, 9.17) is 5.41 Å². The Morgan fingerprint density at radius 1 is 1.50 bits per heavy atom.